The van der Waals surface area contributed by atoms with Gasteiger partial charge in [0, 0.05) is 0 Å². The second kappa shape index (κ2) is 2.80. The number of nitrogens with zero attached hydrogens (tertiary/aromatic N) is 1. The van der Waals surface area contributed by atoms with Gasteiger partial charge in [0.1, 0.15) is 12.1 Å². The number of carbonyl (C=O) groups is 2. The van der Waals surface area contributed by atoms with E-state index < -0.39 is 0 Å². The Balaban J connectivity index is 1.99. The first-order valence-corrected chi connectivity index (χ1v) is 4.60. The summed E-state index contributed by atoms with van der Waals surface area (Å²) in [5.74, 6) is -0.0837. The molecule has 0 atom stereocenters. The maximum atomic E-state index is 11.4. The van der Waals surface area contributed by atoms with Crippen molar-refractivity contribution in [2.75, 3.05) is 6.54 Å². The molecule has 1 heterocycles. The predicted molar refractivity (Wildman–Crippen MR) is 44.7 cm³/mol. The monoisotopic (exact) mass is 183 g/mol. The second-order valence-corrected chi connectivity index (χ2v) is 3.94. The smallest absolute Gasteiger partial charge is 0.249 e. The number of amides is 1. The zero-order chi connectivity index (χ0) is 9.47. The van der Waals surface area contributed by atoms with Crippen molar-refractivity contribution in [3.8, 4) is 0 Å². The van der Waals surface area contributed by atoms with Crippen molar-refractivity contribution in [3.63, 3.8) is 0 Å². The Bertz CT molecular complexity index is 258. The lowest BCUT2D eigenvalue weighted by atomic mass is 9.78. The molecule has 2 fully saturated rings. The van der Waals surface area contributed by atoms with Gasteiger partial charge in [-0.2, -0.15) is 0 Å². The van der Waals surface area contributed by atoms with E-state index in [4.69, 9.17) is 4.84 Å². The average molecular weight is 183 g/mol. The number of hydrogen-bond acceptors (Lipinski definition) is 3. The molecule has 1 saturated heterocycles. The summed E-state index contributed by atoms with van der Waals surface area (Å²) < 4.78 is 0. The quantitative estimate of drug-likeness (QED) is 0.631. The van der Waals surface area contributed by atoms with Crippen molar-refractivity contribution in [2.24, 2.45) is 0 Å². The topological polar surface area (TPSA) is 46.6 Å². The maximum absolute atomic E-state index is 11.4. The molecule has 0 unspecified atom stereocenters. The predicted octanol–water partition coefficient (Wildman–Crippen LogP) is 0.662. The van der Waals surface area contributed by atoms with Crippen LogP contribution in [0, 0.1) is 0 Å². The largest absolute Gasteiger partial charge is 0.298 e. The second-order valence-electron chi connectivity index (χ2n) is 3.94. The third-order valence-corrected chi connectivity index (χ3v) is 2.69. The molecule has 0 bridgehead atoms. The number of ketones is 1. The minimum atomic E-state index is -0.230. The van der Waals surface area contributed by atoms with Gasteiger partial charge in [-0.05, 0) is 26.2 Å². The van der Waals surface area contributed by atoms with Gasteiger partial charge in [-0.15, -0.1) is 0 Å². The van der Waals surface area contributed by atoms with Gasteiger partial charge in [0.15, 0.2) is 5.78 Å². The van der Waals surface area contributed by atoms with Crippen molar-refractivity contribution in [1.29, 1.82) is 0 Å². The summed E-state index contributed by atoms with van der Waals surface area (Å²) in [7, 11) is 0. The Morgan fingerprint density at radius 1 is 1.62 bits per heavy atom. The molecule has 13 heavy (non-hydrogen) atoms. The SMILES string of the molecule is CC(=O)CN1OC2(CCC2)CC1=O. The van der Waals surface area contributed by atoms with Gasteiger partial charge in [0.2, 0.25) is 5.91 Å². The Labute approximate surface area is 76.8 Å². The highest BCUT2D eigenvalue weighted by atomic mass is 16.7. The molecule has 0 aromatic carbocycles. The van der Waals surface area contributed by atoms with E-state index in [0.29, 0.717) is 6.42 Å². The number of rotatable bonds is 2. The third kappa shape index (κ3) is 1.46. The molecule has 1 aliphatic carbocycles. The summed E-state index contributed by atoms with van der Waals surface area (Å²) in [6.07, 6.45) is 3.49. The molecule has 72 valence electrons. The maximum Gasteiger partial charge on any atom is 0.249 e. The molecule has 1 amide bonds. The molecule has 0 aromatic heterocycles. The fraction of sp³-hybridized carbons (Fsp3) is 0.778. The summed E-state index contributed by atoms with van der Waals surface area (Å²) in [5, 5.41) is 1.22. The van der Waals surface area contributed by atoms with Gasteiger partial charge in [-0.1, -0.05) is 0 Å². The molecule has 1 spiro atoms. The number of carbonyl (C=O) groups excluding carboxylic acids is 2. The first-order chi connectivity index (χ1) is 6.11. The van der Waals surface area contributed by atoms with E-state index in [1.165, 1.54) is 12.0 Å². The lowest BCUT2D eigenvalue weighted by Gasteiger charge is -2.35. The number of hydroxylamine groups is 2. The normalized spacial score (nSPS) is 25.0. The van der Waals surface area contributed by atoms with Crippen molar-refractivity contribution in [2.45, 2.75) is 38.2 Å². The van der Waals surface area contributed by atoms with Crippen LogP contribution in [0.15, 0.2) is 0 Å². The standard InChI is InChI=1S/C9H13NO3/c1-7(11)6-10-8(12)5-9(13-10)3-2-4-9/h2-6H2,1H3. The molecule has 2 aliphatic rings. The highest BCUT2D eigenvalue weighted by Crippen LogP contribution is 2.43. The van der Waals surface area contributed by atoms with Crippen LogP contribution in [0.4, 0.5) is 0 Å². The van der Waals surface area contributed by atoms with Crippen LogP contribution in [0.3, 0.4) is 0 Å². The van der Waals surface area contributed by atoms with Gasteiger partial charge >= 0.3 is 0 Å². The zero-order valence-electron chi connectivity index (χ0n) is 7.71. The van der Waals surface area contributed by atoms with Crippen LogP contribution in [-0.2, 0) is 14.4 Å². The molecular weight excluding hydrogens is 170 g/mol. The van der Waals surface area contributed by atoms with Crippen molar-refractivity contribution >= 4 is 11.7 Å². The fourth-order valence-corrected chi connectivity index (χ4v) is 1.84. The van der Waals surface area contributed by atoms with Gasteiger partial charge in [0.25, 0.3) is 0 Å². The minimum Gasteiger partial charge on any atom is -0.298 e. The van der Waals surface area contributed by atoms with E-state index in [2.05, 4.69) is 0 Å². The fourth-order valence-electron chi connectivity index (χ4n) is 1.84. The first kappa shape index (κ1) is 8.69. The summed E-state index contributed by atoms with van der Waals surface area (Å²) in [5.41, 5.74) is -0.230. The van der Waals surface area contributed by atoms with Crippen LogP contribution in [0.2, 0.25) is 0 Å². The Hall–Kier alpha value is -0.900. The van der Waals surface area contributed by atoms with E-state index in [-0.39, 0.29) is 23.8 Å². The Kier molecular flexibility index (Phi) is 1.87. The lowest BCUT2D eigenvalue weighted by Crippen LogP contribution is -2.38. The summed E-state index contributed by atoms with van der Waals surface area (Å²) in [6.45, 7) is 1.56. The van der Waals surface area contributed by atoms with Crippen molar-refractivity contribution < 1.29 is 14.4 Å². The molecule has 0 aromatic rings. The zero-order valence-corrected chi connectivity index (χ0v) is 7.71. The molecule has 4 nitrogen and oxygen atoms in total. The molecule has 2 rings (SSSR count). The van der Waals surface area contributed by atoms with E-state index in [1.807, 2.05) is 0 Å². The van der Waals surface area contributed by atoms with Gasteiger partial charge in [-0.25, -0.2) is 5.06 Å². The lowest BCUT2D eigenvalue weighted by molar-refractivity contribution is -0.218. The molecule has 4 heteroatoms. The number of hydrogen-bond donors (Lipinski definition) is 0. The Morgan fingerprint density at radius 2 is 2.31 bits per heavy atom. The Morgan fingerprint density at radius 3 is 2.69 bits per heavy atom. The van der Waals surface area contributed by atoms with E-state index in [9.17, 15) is 9.59 Å². The van der Waals surface area contributed by atoms with Gasteiger partial charge in [-0.3, -0.25) is 14.4 Å². The van der Waals surface area contributed by atoms with Gasteiger partial charge in [0.05, 0.1) is 6.42 Å². The van der Waals surface area contributed by atoms with Gasteiger partial charge < -0.3 is 0 Å². The van der Waals surface area contributed by atoms with Crippen LogP contribution < -0.4 is 0 Å². The van der Waals surface area contributed by atoms with Crippen LogP contribution in [0.1, 0.15) is 32.6 Å². The van der Waals surface area contributed by atoms with E-state index >= 15 is 0 Å². The van der Waals surface area contributed by atoms with Crippen LogP contribution in [0.25, 0.3) is 0 Å². The van der Waals surface area contributed by atoms with Crippen LogP contribution in [-0.4, -0.2) is 28.9 Å². The van der Waals surface area contributed by atoms with Crippen LogP contribution in [0.5, 0.6) is 0 Å². The minimum absolute atomic E-state index is 0.0373. The van der Waals surface area contributed by atoms with E-state index in [0.717, 1.165) is 19.3 Å². The highest BCUT2D eigenvalue weighted by Gasteiger charge is 2.49. The molecule has 1 saturated carbocycles. The highest BCUT2D eigenvalue weighted by molar-refractivity contribution is 5.85. The van der Waals surface area contributed by atoms with Crippen molar-refractivity contribution in [1.82, 2.24) is 5.06 Å². The van der Waals surface area contributed by atoms with E-state index in [1.54, 1.807) is 0 Å². The average Bonchev–Trinajstić information content (AvgIpc) is 2.27. The molecule has 0 radical (unpaired) electrons. The molecular formula is C9H13NO3. The first-order valence-electron chi connectivity index (χ1n) is 4.60. The summed E-state index contributed by atoms with van der Waals surface area (Å²) in [6, 6.07) is 0. The van der Waals surface area contributed by atoms with Crippen molar-refractivity contribution in [3.05, 3.63) is 0 Å². The van der Waals surface area contributed by atoms with Crippen LogP contribution >= 0.6 is 0 Å². The summed E-state index contributed by atoms with van der Waals surface area (Å²) >= 11 is 0. The number of Topliss-reactive ketones (excluding diaryl/α,β-unsaturated/α-hetero) is 1. The third-order valence-electron chi connectivity index (χ3n) is 2.69. The summed E-state index contributed by atoms with van der Waals surface area (Å²) in [4.78, 5) is 27.6. The molecule has 1 aliphatic heterocycles. The molecule has 0 N–H and O–H groups in total.